The van der Waals surface area contributed by atoms with Gasteiger partial charge in [-0.25, -0.2) is 4.79 Å². The van der Waals surface area contributed by atoms with Gasteiger partial charge in [0.2, 0.25) is 0 Å². The third kappa shape index (κ3) is 4.35. The smallest absolute Gasteiger partial charge is 0.315 e. The normalized spacial score (nSPS) is 22.9. The Morgan fingerprint density at radius 2 is 1.86 bits per heavy atom. The lowest BCUT2D eigenvalue weighted by molar-refractivity contribution is -0.139. The fraction of sp³-hybridized carbons (Fsp3) is 0.875. The molecule has 0 bridgehead atoms. The maximum atomic E-state index is 12.2. The summed E-state index contributed by atoms with van der Waals surface area (Å²) in [6.45, 7) is 2.11. The van der Waals surface area contributed by atoms with Gasteiger partial charge in [-0.3, -0.25) is 4.79 Å². The molecule has 2 aliphatic carbocycles. The van der Waals surface area contributed by atoms with Gasteiger partial charge in [-0.05, 0) is 44.4 Å². The zero-order chi connectivity index (χ0) is 15.3. The molecule has 0 heterocycles. The average Bonchev–Trinajstić information content (AvgIpc) is 2.42. The summed E-state index contributed by atoms with van der Waals surface area (Å²) in [5, 5.41) is 15.0. The topological polar surface area (TPSA) is 78.4 Å². The van der Waals surface area contributed by atoms with Crippen LogP contribution in [-0.2, 0) is 4.79 Å². The molecule has 2 saturated carbocycles. The molecule has 1 atom stereocenters. The number of hydrogen-bond acceptors (Lipinski definition) is 2. The number of rotatable bonds is 6. The number of amides is 2. The third-order valence-electron chi connectivity index (χ3n) is 5.15. The molecule has 0 spiro atoms. The van der Waals surface area contributed by atoms with Crippen LogP contribution in [0.25, 0.3) is 0 Å². The van der Waals surface area contributed by atoms with Crippen LogP contribution in [0.15, 0.2) is 0 Å². The molecular weight excluding hydrogens is 268 g/mol. The van der Waals surface area contributed by atoms with Crippen molar-refractivity contribution in [3.05, 3.63) is 0 Å². The van der Waals surface area contributed by atoms with Crippen LogP contribution in [0, 0.1) is 5.92 Å². The summed E-state index contributed by atoms with van der Waals surface area (Å²) in [4.78, 5) is 23.2. The summed E-state index contributed by atoms with van der Waals surface area (Å²) in [7, 11) is 0. The summed E-state index contributed by atoms with van der Waals surface area (Å²) in [5.74, 6) is -0.263. The van der Waals surface area contributed by atoms with E-state index < -0.39 is 11.5 Å². The van der Waals surface area contributed by atoms with Crippen LogP contribution in [0.3, 0.4) is 0 Å². The Kier molecular flexibility index (Phi) is 5.48. The van der Waals surface area contributed by atoms with Crippen molar-refractivity contribution in [3.8, 4) is 0 Å². The maximum absolute atomic E-state index is 12.2. The highest BCUT2D eigenvalue weighted by atomic mass is 16.4. The Labute approximate surface area is 126 Å². The first-order valence-electron chi connectivity index (χ1n) is 8.35. The van der Waals surface area contributed by atoms with E-state index in [1.54, 1.807) is 0 Å². The van der Waals surface area contributed by atoms with Crippen molar-refractivity contribution in [2.45, 2.75) is 82.7 Å². The molecule has 1 unspecified atom stereocenters. The second-order valence-corrected chi connectivity index (χ2v) is 6.72. The van der Waals surface area contributed by atoms with Crippen molar-refractivity contribution in [1.29, 1.82) is 0 Å². The highest BCUT2D eigenvalue weighted by molar-refractivity contribution is 5.77. The van der Waals surface area contributed by atoms with Crippen molar-refractivity contribution in [3.63, 3.8) is 0 Å². The third-order valence-corrected chi connectivity index (χ3v) is 5.15. The number of carboxylic acids is 1. The summed E-state index contributed by atoms with van der Waals surface area (Å²) >= 11 is 0. The van der Waals surface area contributed by atoms with Crippen LogP contribution in [0.2, 0.25) is 0 Å². The second-order valence-electron chi connectivity index (χ2n) is 6.72. The molecule has 5 nitrogen and oxygen atoms in total. The first-order chi connectivity index (χ1) is 10.0. The quantitative estimate of drug-likeness (QED) is 0.705. The van der Waals surface area contributed by atoms with Crippen molar-refractivity contribution in [1.82, 2.24) is 10.6 Å². The zero-order valence-corrected chi connectivity index (χ0v) is 13.0. The number of carboxylic acid groups (broad SMARTS) is 1. The Hall–Kier alpha value is -1.26. The molecule has 0 aromatic rings. The average molecular weight is 296 g/mol. The predicted molar refractivity (Wildman–Crippen MR) is 81.2 cm³/mol. The molecule has 2 rings (SSSR count). The fourth-order valence-corrected chi connectivity index (χ4v) is 3.77. The van der Waals surface area contributed by atoms with Crippen LogP contribution >= 0.6 is 0 Å². The van der Waals surface area contributed by atoms with Gasteiger partial charge in [0.15, 0.2) is 0 Å². The van der Waals surface area contributed by atoms with Gasteiger partial charge >= 0.3 is 12.0 Å². The van der Waals surface area contributed by atoms with E-state index in [0.29, 0.717) is 5.92 Å². The second kappa shape index (κ2) is 7.14. The van der Waals surface area contributed by atoms with Crippen molar-refractivity contribution in [2.75, 3.05) is 0 Å². The van der Waals surface area contributed by atoms with Crippen LogP contribution in [0.4, 0.5) is 4.79 Å². The Morgan fingerprint density at radius 1 is 1.19 bits per heavy atom. The van der Waals surface area contributed by atoms with E-state index in [4.69, 9.17) is 5.11 Å². The Bertz CT molecular complexity index is 374. The maximum Gasteiger partial charge on any atom is 0.315 e. The van der Waals surface area contributed by atoms with Crippen LogP contribution in [0.5, 0.6) is 0 Å². The van der Waals surface area contributed by atoms with Gasteiger partial charge in [0.05, 0.1) is 12.0 Å². The van der Waals surface area contributed by atoms with E-state index in [-0.39, 0.29) is 18.5 Å². The summed E-state index contributed by atoms with van der Waals surface area (Å²) in [6.07, 6.45) is 9.71. The van der Waals surface area contributed by atoms with E-state index >= 15 is 0 Å². The minimum absolute atomic E-state index is 0.0284. The lowest BCUT2D eigenvalue weighted by Crippen LogP contribution is -2.59. The summed E-state index contributed by atoms with van der Waals surface area (Å²) in [6, 6.07) is 0.0284. The van der Waals surface area contributed by atoms with Crippen LogP contribution in [-0.4, -0.2) is 28.7 Å². The molecule has 5 heteroatoms. The molecule has 0 aromatic carbocycles. The van der Waals surface area contributed by atoms with Gasteiger partial charge in [-0.15, -0.1) is 0 Å². The highest BCUT2D eigenvalue weighted by Gasteiger charge is 2.40. The number of carbonyl (C=O) groups is 2. The predicted octanol–water partition coefficient (Wildman–Crippen LogP) is 3.04. The fourth-order valence-electron chi connectivity index (χ4n) is 3.77. The first kappa shape index (κ1) is 16.1. The lowest BCUT2D eigenvalue weighted by Gasteiger charge is -2.42. The highest BCUT2D eigenvalue weighted by Crippen LogP contribution is 2.35. The number of urea groups is 1. The van der Waals surface area contributed by atoms with E-state index in [1.165, 1.54) is 32.1 Å². The molecule has 2 aliphatic rings. The number of hydrogen-bond donors (Lipinski definition) is 3. The van der Waals surface area contributed by atoms with E-state index in [2.05, 4.69) is 17.6 Å². The van der Waals surface area contributed by atoms with Gasteiger partial charge in [-0.2, -0.15) is 0 Å². The van der Waals surface area contributed by atoms with E-state index in [1.807, 2.05) is 0 Å². The Balaban J connectivity index is 1.85. The van der Waals surface area contributed by atoms with Gasteiger partial charge in [0.25, 0.3) is 0 Å². The van der Waals surface area contributed by atoms with Gasteiger partial charge < -0.3 is 15.7 Å². The van der Waals surface area contributed by atoms with E-state index in [9.17, 15) is 9.59 Å². The molecule has 2 fully saturated rings. The minimum Gasteiger partial charge on any atom is -0.481 e. The molecule has 0 radical (unpaired) electrons. The molecule has 0 aromatic heterocycles. The molecule has 21 heavy (non-hydrogen) atoms. The number of carbonyl (C=O) groups excluding carboxylic acids is 1. The van der Waals surface area contributed by atoms with Gasteiger partial charge in [-0.1, -0.05) is 26.2 Å². The monoisotopic (exact) mass is 296 g/mol. The van der Waals surface area contributed by atoms with Crippen molar-refractivity contribution < 1.29 is 14.7 Å². The molecule has 0 saturated heterocycles. The standard InChI is InChI=1S/C16H28N2O3/c1-2-13(12-7-4-3-5-8-12)17-15(21)18-16(9-6-10-16)11-14(19)20/h12-13H,2-11H2,1H3,(H,19,20)(H2,17,18,21). The molecule has 120 valence electrons. The van der Waals surface area contributed by atoms with Gasteiger partial charge in [0.1, 0.15) is 0 Å². The van der Waals surface area contributed by atoms with Gasteiger partial charge in [0, 0.05) is 6.04 Å². The molecule has 0 aliphatic heterocycles. The molecule has 3 N–H and O–H groups in total. The Morgan fingerprint density at radius 3 is 2.33 bits per heavy atom. The minimum atomic E-state index is -0.839. The summed E-state index contributed by atoms with van der Waals surface area (Å²) < 4.78 is 0. The van der Waals surface area contributed by atoms with Crippen molar-refractivity contribution in [2.24, 2.45) is 5.92 Å². The van der Waals surface area contributed by atoms with Crippen LogP contribution < -0.4 is 10.6 Å². The van der Waals surface area contributed by atoms with Crippen LogP contribution in [0.1, 0.15) is 71.1 Å². The molecule has 2 amide bonds. The van der Waals surface area contributed by atoms with E-state index in [0.717, 1.165) is 25.7 Å². The number of aliphatic carboxylic acids is 1. The SMILES string of the molecule is CCC(NC(=O)NC1(CC(=O)O)CCC1)C1CCCCC1. The van der Waals surface area contributed by atoms with Crippen molar-refractivity contribution >= 4 is 12.0 Å². The summed E-state index contributed by atoms with van der Waals surface area (Å²) in [5.41, 5.74) is -0.513. The zero-order valence-electron chi connectivity index (χ0n) is 13.0. The lowest BCUT2D eigenvalue weighted by atomic mass is 9.74. The first-order valence-corrected chi connectivity index (χ1v) is 8.35. The molecular formula is C16H28N2O3. The largest absolute Gasteiger partial charge is 0.481 e. The number of nitrogens with one attached hydrogen (secondary N) is 2.